The second-order valence-electron chi connectivity index (χ2n) is 6.06. The number of carbonyl (C=O) groups excluding carboxylic acids is 1. The molecule has 2 N–H and O–H groups in total. The molecule has 0 atom stereocenters. The molecule has 0 unspecified atom stereocenters. The van der Waals surface area contributed by atoms with Crippen LogP contribution in [-0.4, -0.2) is 26.3 Å². The van der Waals surface area contributed by atoms with E-state index in [9.17, 15) is 4.79 Å². The van der Waals surface area contributed by atoms with E-state index in [0.29, 0.717) is 24.1 Å². The standard InChI is InChI=1S/C18H28N2O3/c1-22-16-11-10-14(12-17(16)23-2)13-19-18(21)20-15-8-6-4-3-5-7-9-15/h10-12,15H,3-9,13H2,1-2H3,(H2,19,20,21). The van der Waals surface area contributed by atoms with Gasteiger partial charge in [0.2, 0.25) is 0 Å². The molecule has 0 spiro atoms. The van der Waals surface area contributed by atoms with Crippen molar-refractivity contribution in [2.45, 2.75) is 57.5 Å². The molecule has 1 aromatic rings. The van der Waals surface area contributed by atoms with Crippen molar-refractivity contribution in [2.75, 3.05) is 14.2 Å². The van der Waals surface area contributed by atoms with Crippen molar-refractivity contribution >= 4 is 6.03 Å². The first-order chi connectivity index (χ1) is 11.2. The Morgan fingerprint density at radius 2 is 1.70 bits per heavy atom. The van der Waals surface area contributed by atoms with Crippen molar-refractivity contribution in [1.82, 2.24) is 10.6 Å². The van der Waals surface area contributed by atoms with E-state index in [-0.39, 0.29) is 6.03 Å². The zero-order chi connectivity index (χ0) is 16.5. The van der Waals surface area contributed by atoms with Gasteiger partial charge in [-0.3, -0.25) is 0 Å². The molecule has 23 heavy (non-hydrogen) atoms. The van der Waals surface area contributed by atoms with E-state index in [2.05, 4.69) is 10.6 Å². The van der Waals surface area contributed by atoms with Gasteiger partial charge in [-0.15, -0.1) is 0 Å². The molecule has 128 valence electrons. The first-order valence-corrected chi connectivity index (χ1v) is 8.48. The van der Waals surface area contributed by atoms with Gasteiger partial charge in [0.1, 0.15) is 0 Å². The number of carbonyl (C=O) groups is 1. The smallest absolute Gasteiger partial charge is 0.315 e. The first-order valence-electron chi connectivity index (χ1n) is 8.48. The average Bonchev–Trinajstić information content (AvgIpc) is 2.55. The van der Waals surface area contributed by atoms with Crippen LogP contribution in [0.5, 0.6) is 11.5 Å². The number of nitrogens with one attached hydrogen (secondary N) is 2. The minimum absolute atomic E-state index is 0.0923. The molecule has 2 rings (SSSR count). The molecule has 1 aliphatic carbocycles. The third-order valence-corrected chi connectivity index (χ3v) is 4.34. The van der Waals surface area contributed by atoms with Gasteiger partial charge in [0.25, 0.3) is 0 Å². The van der Waals surface area contributed by atoms with Crippen molar-refractivity contribution in [2.24, 2.45) is 0 Å². The lowest BCUT2D eigenvalue weighted by molar-refractivity contribution is 0.233. The third-order valence-electron chi connectivity index (χ3n) is 4.34. The Bertz CT molecular complexity index is 497. The Balaban J connectivity index is 1.81. The van der Waals surface area contributed by atoms with Crippen LogP contribution in [0, 0.1) is 0 Å². The maximum atomic E-state index is 12.1. The first kappa shape index (κ1) is 17.4. The highest BCUT2D eigenvalue weighted by Gasteiger charge is 2.14. The highest BCUT2D eigenvalue weighted by molar-refractivity contribution is 5.74. The van der Waals surface area contributed by atoms with Gasteiger partial charge in [0.15, 0.2) is 11.5 Å². The molecule has 1 fully saturated rings. The van der Waals surface area contributed by atoms with Crippen molar-refractivity contribution in [3.63, 3.8) is 0 Å². The van der Waals surface area contributed by atoms with Crippen LogP contribution < -0.4 is 20.1 Å². The van der Waals surface area contributed by atoms with E-state index in [4.69, 9.17) is 9.47 Å². The van der Waals surface area contributed by atoms with Gasteiger partial charge in [-0.05, 0) is 30.5 Å². The number of benzene rings is 1. The summed E-state index contributed by atoms with van der Waals surface area (Å²) in [5.74, 6) is 1.36. The SMILES string of the molecule is COc1ccc(CNC(=O)NC2CCCCCCC2)cc1OC. The Morgan fingerprint density at radius 1 is 1.04 bits per heavy atom. The summed E-state index contributed by atoms with van der Waals surface area (Å²) in [7, 11) is 3.22. The highest BCUT2D eigenvalue weighted by Crippen LogP contribution is 2.27. The van der Waals surface area contributed by atoms with E-state index >= 15 is 0 Å². The number of hydrogen-bond acceptors (Lipinski definition) is 3. The quantitative estimate of drug-likeness (QED) is 0.871. The number of rotatable bonds is 5. The van der Waals surface area contributed by atoms with E-state index in [1.54, 1.807) is 14.2 Å². The Labute approximate surface area is 138 Å². The second-order valence-corrected chi connectivity index (χ2v) is 6.06. The maximum Gasteiger partial charge on any atom is 0.315 e. The fourth-order valence-electron chi connectivity index (χ4n) is 3.01. The van der Waals surface area contributed by atoms with Crippen LogP contribution in [0.1, 0.15) is 50.5 Å². The predicted octanol–water partition coefficient (Wildman–Crippen LogP) is 3.62. The maximum absolute atomic E-state index is 12.1. The monoisotopic (exact) mass is 320 g/mol. The van der Waals surface area contributed by atoms with Crippen molar-refractivity contribution < 1.29 is 14.3 Å². The number of methoxy groups -OCH3 is 2. The van der Waals surface area contributed by atoms with Gasteiger partial charge in [-0.2, -0.15) is 0 Å². The molecule has 5 nitrogen and oxygen atoms in total. The number of hydrogen-bond donors (Lipinski definition) is 2. The van der Waals surface area contributed by atoms with Crippen LogP contribution in [-0.2, 0) is 6.54 Å². The molecule has 0 aliphatic heterocycles. The lowest BCUT2D eigenvalue weighted by Gasteiger charge is -2.21. The molecule has 0 aromatic heterocycles. The lowest BCUT2D eigenvalue weighted by Crippen LogP contribution is -2.42. The van der Waals surface area contributed by atoms with Crippen LogP contribution in [0.25, 0.3) is 0 Å². The van der Waals surface area contributed by atoms with Gasteiger partial charge < -0.3 is 20.1 Å². The van der Waals surface area contributed by atoms with Crippen molar-refractivity contribution in [3.8, 4) is 11.5 Å². The number of ether oxygens (including phenoxy) is 2. The predicted molar refractivity (Wildman–Crippen MR) is 91.0 cm³/mol. The lowest BCUT2D eigenvalue weighted by atomic mass is 9.97. The third kappa shape index (κ3) is 5.66. The molecule has 1 saturated carbocycles. The molecule has 0 heterocycles. The van der Waals surface area contributed by atoms with Crippen LogP contribution in [0.2, 0.25) is 0 Å². The van der Waals surface area contributed by atoms with Crippen molar-refractivity contribution in [3.05, 3.63) is 23.8 Å². The fourth-order valence-corrected chi connectivity index (χ4v) is 3.01. The van der Waals surface area contributed by atoms with Crippen molar-refractivity contribution in [1.29, 1.82) is 0 Å². The summed E-state index contributed by atoms with van der Waals surface area (Å²) in [6, 6.07) is 5.88. The van der Waals surface area contributed by atoms with Crippen LogP contribution in [0.15, 0.2) is 18.2 Å². The topological polar surface area (TPSA) is 59.6 Å². The zero-order valence-electron chi connectivity index (χ0n) is 14.2. The Kier molecular flexibility index (Phi) is 7.04. The molecule has 0 saturated heterocycles. The summed E-state index contributed by atoms with van der Waals surface area (Å²) in [5, 5.41) is 6.03. The highest BCUT2D eigenvalue weighted by atomic mass is 16.5. The average molecular weight is 320 g/mol. The zero-order valence-corrected chi connectivity index (χ0v) is 14.2. The Hall–Kier alpha value is -1.91. The molecule has 0 bridgehead atoms. The van der Waals surface area contributed by atoms with Crippen LogP contribution >= 0.6 is 0 Å². The fraction of sp³-hybridized carbons (Fsp3) is 0.611. The number of amides is 2. The molecular formula is C18H28N2O3. The van der Waals surface area contributed by atoms with Gasteiger partial charge in [-0.25, -0.2) is 4.79 Å². The molecule has 0 radical (unpaired) electrons. The van der Waals surface area contributed by atoms with Crippen LogP contribution in [0.3, 0.4) is 0 Å². The van der Waals surface area contributed by atoms with Gasteiger partial charge in [0, 0.05) is 12.6 Å². The van der Waals surface area contributed by atoms with Gasteiger partial charge >= 0.3 is 6.03 Å². The van der Waals surface area contributed by atoms with Gasteiger partial charge in [-0.1, -0.05) is 38.2 Å². The molecule has 1 aromatic carbocycles. The molecule has 2 amide bonds. The summed E-state index contributed by atoms with van der Waals surface area (Å²) >= 11 is 0. The van der Waals surface area contributed by atoms with Crippen LogP contribution in [0.4, 0.5) is 4.79 Å². The van der Waals surface area contributed by atoms with Gasteiger partial charge in [0.05, 0.1) is 14.2 Å². The van der Waals surface area contributed by atoms with E-state index in [0.717, 1.165) is 18.4 Å². The molecule has 5 heteroatoms. The number of urea groups is 1. The summed E-state index contributed by atoms with van der Waals surface area (Å²) in [6.07, 6.45) is 8.49. The summed E-state index contributed by atoms with van der Waals surface area (Å²) < 4.78 is 10.5. The van der Waals surface area contributed by atoms with E-state index in [1.807, 2.05) is 18.2 Å². The summed E-state index contributed by atoms with van der Waals surface area (Å²) in [5.41, 5.74) is 0.982. The summed E-state index contributed by atoms with van der Waals surface area (Å²) in [6.45, 7) is 0.471. The molecular weight excluding hydrogens is 292 g/mol. The minimum atomic E-state index is -0.0923. The second kappa shape index (κ2) is 9.28. The largest absolute Gasteiger partial charge is 0.493 e. The molecule has 1 aliphatic rings. The van der Waals surface area contributed by atoms with E-state index < -0.39 is 0 Å². The van der Waals surface area contributed by atoms with E-state index in [1.165, 1.54) is 32.1 Å². The Morgan fingerprint density at radius 3 is 2.35 bits per heavy atom. The summed E-state index contributed by atoms with van der Waals surface area (Å²) in [4.78, 5) is 12.1. The minimum Gasteiger partial charge on any atom is -0.493 e. The normalized spacial score (nSPS) is 16.1.